The number of aryl methyl sites for hydroxylation is 1. The van der Waals surface area contributed by atoms with Gasteiger partial charge >= 0.3 is 0 Å². The third-order valence-corrected chi connectivity index (χ3v) is 3.61. The molecule has 2 aromatic rings. The fraction of sp³-hybridized carbons (Fsp3) is 0.429. The van der Waals surface area contributed by atoms with E-state index in [0.29, 0.717) is 6.04 Å². The third kappa shape index (κ3) is 2.16. The zero-order chi connectivity index (χ0) is 12.4. The molecule has 0 atom stereocenters. The van der Waals surface area contributed by atoms with E-state index in [1.165, 1.54) is 11.1 Å². The molecule has 3 rings (SSSR count). The van der Waals surface area contributed by atoms with E-state index < -0.39 is 0 Å². The van der Waals surface area contributed by atoms with E-state index in [1.54, 1.807) is 0 Å². The van der Waals surface area contributed by atoms with Crippen LogP contribution in [0.4, 0.5) is 0 Å². The maximum absolute atomic E-state index is 4.32. The molecule has 4 heteroatoms. The zero-order valence-corrected chi connectivity index (χ0v) is 10.6. The van der Waals surface area contributed by atoms with Crippen molar-refractivity contribution >= 4 is 0 Å². The van der Waals surface area contributed by atoms with Gasteiger partial charge in [-0.3, -0.25) is 0 Å². The van der Waals surface area contributed by atoms with Gasteiger partial charge in [0.1, 0.15) is 5.69 Å². The number of hydrogen-bond acceptors (Lipinski definition) is 3. The van der Waals surface area contributed by atoms with Crippen LogP contribution in [0.3, 0.4) is 0 Å². The van der Waals surface area contributed by atoms with Crippen molar-refractivity contribution in [1.82, 2.24) is 20.3 Å². The summed E-state index contributed by atoms with van der Waals surface area (Å²) in [5.74, 6) is 0. The summed E-state index contributed by atoms with van der Waals surface area (Å²) in [6, 6.07) is 8.81. The average molecular weight is 242 g/mol. The van der Waals surface area contributed by atoms with Crippen molar-refractivity contribution in [3.8, 4) is 11.3 Å². The van der Waals surface area contributed by atoms with Gasteiger partial charge in [-0.15, -0.1) is 5.10 Å². The smallest absolute Gasteiger partial charge is 0.113 e. The Labute approximate surface area is 107 Å². The van der Waals surface area contributed by atoms with Gasteiger partial charge in [0.2, 0.25) is 0 Å². The first kappa shape index (κ1) is 11.4. The molecule has 1 aliphatic rings. The maximum Gasteiger partial charge on any atom is 0.113 e. The second-order valence-electron chi connectivity index (χ2n) is 4.88. The first-order valence-corrected chi connectivity index (χ1v) is 6.53. The Morgan fingerprint density at radius 3 is 2.78 bits per heavy atom. The van der Waals surface area contributed by atoms with E-state index in [-0.39, 0.29) is 0 Å². The lowest BCUT2D eigenvalue weighted by atomic mass is 10.1. The Morgan fingerprint density at radius 1 is 1.22 bits per heavy atom. The number of benzene rings is 1. The maximum atomic E-state index is 4.32. The Hall–Kier alpha value is -1.68. The number of rotatable bonds is 2. The van der Waals surface area contributed by atoms with Gasteiger partial charge < -0.3 is 5.32 Å². The number of piperidine rings is 1. The van der Waals surface area contributed by atoms with Crippen LogP contribution in [-0.4, -0.2) is 28.1 Å². The van der Waals surface area contributed by atoms with Crippen molar-refractivity contribution in [1.29, 1.82) is 0 Å². The predicted molar refractivity (Wildman–Crippen MR) is 71.3 cm³/mol. The number of nitrogens with one attached hydrogen (secondary N) is 1. The first-order chi connectivity index (χ1) is 8.84. The molecular formula is C14H18N4. The number of hydrogen-bond donors (Lipinski definition) is 1. The molecule has 94 valence electrons. The molecular weight excluding hydrogens is 224 g/mol. The van der Waals surface area contributed by atoms with Crippen LogP contribution < -0.4 is 5.32 Å². The molecule has 0 spiro atoms. The standard InChI is InChI=1S/C14H18N4/c1-11-4-2-3-5-13(11)14-10-18(17-16-14)12-6-8-15-9-7-12/h2-5,10,12,15H,6-9H2,1H3. The van der Waals surface area contributed by atoms with E-state index in [1.807, 2.05) is 10.7 Å². The van der Waals surface area contributed by atoms with Gasteiger partial charge in [-0.1, -0.05) is 29.5 Å². The molecule has 0 unspecified atom stereocenters. The molecule has 18 heavy (non-hydrogen) atoms. The van der Waals surface area contributed by atoms with Crippen LogP contribution >= 0.6 is 0 Å². The highest BCUT2D eigenvalue weighted by molar-refractivity contribution is 5.61. The summed E-state index contributed by atoms with van der Waals surface area (Å²) in [4.78, 5) is 0. The summed E-state index contributed by atoms with van der Waals surface area (Å²) < 4.78 is 2.03. The van der Waals surface area contributed by atoms with Gasteiger partial charge in [-0.05, 0) is 38.4 Å². The molecule has 0 bridgehead atoms. The minimum atomic E-state index is 0.497. The van der Waals surface area contributed by atoms with Crippen molar-refractivity contribution in [3.05, 3.63) is 36.0 Å². The minimum Gasteiger partial charge on any atom is -0.317 e. The van der Waals surface area contributed by atoms with Crippen molar-refractivity contribution in [2.75, 3.05) is 13.1 Å². The van der Waals surface area contributed by atoms with Gasteiger partial charge in [0, 0.05) is 5.56 Å². The van der Waals surface area contributed by atoms with Crippen molar-refractivity contribution in [3.63, 3.8) is 0 Å². The monoisotopic (exact) mass is 242 g/mol. The molecule has 0 saturated carbocycles. The quantitative estimate of drug-likeness (QED) is 0.877. The lowest BCUT2D eigenvalue weighted by Crippen LogP contribution is -2.29. The van der Waals surface area contributed by atoms with Crippen molar-refractivity contribution in [2.24, 2.45) is 0 Å². The van der Waals surface area contributed by atoms with Gasteiger partial charge in [-0.25, -0.2) is 4.68 Å². The lowest BCUT2D eigenvalue weighted by molar-refractivity contribution is 0.337. The third-order valence-electron chi connectivity index (χ3n) is 3.61. The number of nitrogens with zero attached hydrogens (tertiary/aromatic N) is 3. The van der Waals surface area contributed by atoms with Crippen LogP contribution in [0.5, 0.6) is 0 Å². The highest BCUT2D eigenvalue weighted by atomic mass is 15.4. The normalized spacial score (nSPS) is 16.9. The largest absolute Gasteiger partial charge is 0.317 e. The second-order valence-corrected chi connectivity index (χ2v) is 4.88. The summed E-state index contributed by atoms with van der Waals surface area (Å²) in [5, 5.41) is 12.0. The van der Waals surface area contributed by atoms with Gasteiger partial charge in [0.05, 0.1) is 12.2 Å². The molecule has 1 aromatic carbocycles. The first-order valence-electron chi connectivity index (χ1n) is 6.53. The molecule has 0 amide bonds. The average Bonchev–Trinajstić information content (AvgIpc) is 2.90. The van der Waals surface area contributed by atoms with E-state index >= 15 is 0 Å². The molecule has 1 fully saturated rings. The van der Waals surface area contributed by atoms with Gasteiger partial charge in [-0.2, -0.15) is 0 Å². The van der Waals surface area contributed by atoms with Crippen LogP contribution in [0.15, 0.2) is 30.5 Å². The summed E-state index contributed by atoms with van der Waals surface area (Å²) in [5.41, 5.74) is 3.40. The molecule has 0 aliphatic carbocycles. The second kappa shape index (κ2) is 4.90. The number of aromatic nitrogens is 3. The van der Waals surface area contributed by atoms with E-state index in [0.717, 1.165) is 31.6 Å². The van der Waals surface area contributed by atoms with Crippen LogP contribution in [0.2, 0.25) is 0 Å². The van der Waals surface area contributed by atoms with E-state index in [4.69, 9.17) is 0 Å². The van der Waals surface area contributed by atoms with Crippen molar-refractivity contribution in [2.45, 2.75) is 25.8 Å². The zero-order valence-electron chi connectivity index (χ0n) is 10.6. The van der Waals surface area contributed by atoms with Crippen LogP contribution in [-0.2, 0) is 0 Å². The van der Waals surface area contributed by atoms with E-state index in [9.17, 15) is 0 Å². The Kier molecular flexibility index (Phi) is 3.11. The summed E-state index contributed by atoms with van der Waals surface area (Å²) >= 11 is 0. The molecule has 1 N–H and O–H groups in total. The van der Waals surface area contributed by atoms with Gasteiger partial charge in [0.25, 0.3) is 0 Å². The van der Waals surface area contributed by atoms with Gasteiger partial charge in [0.15, 0.2) is 0 Å². The molecule has 0 radical (unpaired) electrons. The van der Waals surface area contributed by atoms with Crippen LogP contribution in [0.25, 0.3) is 11.3 Å². The summed E-state index contributed by atoms with van der Waals surface area (Å²) in [6.07, 6.45) is 4.35. The van der Waals surface area contributed by atoms with Crippen LogP contribution in [0, 0.1) is 6.92 Å². The fourth-order valence-electron chi connectivity index (χ4n) is 2.51. The van der Waals surface area contributed by atoms with Crippen molar-refractivity contribution < 1.29 is 0 Å². The minimum absolute atomic E-state index is 0.497. The molecule has 2 heterocycles. The fourth-order valence-corrected chi connectivity index (χ4v) is 2.51. The predicted octanol–water partition coefficient (Wildman–Crippen LogP) is 2.18. The SMILES string of the molecule is Cc1ccccc1-c1cn(C2CCNCC2)nn1. The lowest BCUT2D eigenvalue weighted by Gasteiger charge is -2.22. The highest BCUT2D eigenvalue weighted by Gasteiger charge is 2.17. The molecule has 1 saturated heterocycles. The highest BCUT2D eigenvalue weighted by Crippen LogP contribution is 2.23. The Morgan fingerprint density at radius 2 is 2.00 bits per heavy atom. The summed E-state index contributed by atoms with van der Waals surface area (Å²) in [7, 11) is 0. The van der Waals surface area contributed by atoms with E-state index in [2.05, 4.69) is 46.9 Å². The topological polar surface area (TPSA) is 42.7 Å². The summed E-state index contributed by atoms with van der Waals surface area (Å²) in [6.45, 7) is 4.26. The molecule has 1 aliphatic heterocycles. The molecule has 4 nitrogen and oxygen atoms in total. The molecule has 1 aromatic heterocycles. The Balaban J connectivity index is 1.87. The van der Waals surface area contributed by atoms with Crippen LogP contribution in [0.1, 0.15) is 24.4 Å². The Bertz CT molecular complexity index is 526.